The molecule has 4 rings (SSSR count). The third-order valence-corrected chi connectivity index (χ3v) is 5.61. The number of ether oxygens (including phenoxy) is 1. The first-order valence-corrected chi connectivity index (χ1v) is 10.6. The Morgan fingerprint density at radius 1 is 1.27 bits per heavy atom. The van der Waals surface area contributed by atoms with Crippen molar-refractivity contribution < 1.29 is 18.7 Å². The summed E-state index contributed by atoms with van der Waals surface area (Å²) in [5.41, 5.74) is 1.07. The number of pyridine rings is 1. The van der Waals surface area contributed by atoms with Crippen LogP contribution in [0.25, 0.3) is 5.65 Å². The van der Waals surface area contributed by atoms with E-state index in [-0.39, 0.29) is 53.6 Å². The summed E-state index contributed by atoms with van der Waals surface area (Å²) in [5.74, 6) is -1.14. The molecule has 2 amide bonds. The van der Waals surface area contributed by atoms with Crippen LogP contribution in [0.1, 0.15) is 48.4 Å². The van der Waals surface area contributed by atoms with Crippen LogP contribution < -0.4 is 10.9 Å². The number of carbonyl (C=O) groups is 2. The number of hydrogen-bond acceptors (Lipinski definition) is 6. The van der Waals surface area contributed by atoms with Crippen molar-refractivity contribution in [2.75, 3.05) is 19.0 Å². The fourth-order valence-corrected chi connectivity index (χ4v) is 3.91. The van der Waals surface area contributed by atoms with E-state index in [1.165, 1.54) is 21.2 Å². The van der Waals surface area contributed by atoms with Gasteiger partial charge in [-0.3, -0.25) is 14.4 Å². The smallest absolute Gasteiger partial charge is 0.280 e. The number of hydrogen-bond donors (Lipinski definition) is 1. The summed E-state index contributed by atoms with van der Waals surface area (Å²) in [6.07, 6.45) is 0.995. The molecule has 0 fully saturated rings. The number of aromatic nitrogens is 4. The van der Waals surface area contributed by atoms with Crippen molar-refractivity contribution in [3.63, 3.8) is 0 Å². The van der Waals surface area contributed by atoms with Crippen LogP contribution in [-0.4, -0.2) is 55.6 Å². The molecule has 0 unspecified atom stereocenters. The van der Waals surface area contributed by atoms with Crippen LogP contribution >= 0.6 is 0 Å². The fraction of sp³-hybridized carbons (Fsp3) is 0.409. The van der Waals surface area contributed by atoms with E-state index < -0.39 is 11.7 Å². The molecule has 1 atom stereocenters. The third kappa shape index (κ3) is 4.11. The summed E-state index contributed by atoms with van der Waals surface area (Å²) in [6, 6.07) is 3.97. The minimum Gasteiger partial charge on any atom is -0.383 e. The molecule has 0 aromatic carbocycles. The summed E-state index contributed by atoms with van der Waals surface area (Å²) in [5, 5.41) is 7.02. The van der Waals surface area contributed by atoms with Crippen LogP contribution in [-0.2, 0) is 22.6 Å². The quantitative estimate of drug-likeness (QED) is 0.580. The number of nitrogens with one attached hydrogen (secondary N) is 1. The monoisotopic (exact) mass is 456 g/mol. The number of amides is 2. The lowest BCUT2D eigenvalue weighted by Crippen LogP contribution is -2.37. The first-order chi connectivity index (χ1) is 15.7. The summed E-state index contributed by atoms with van der Waals surface area (Å²) in [6.45, 7) is 5.86. The highest BCUT2D eigenvalue weighted by Gasteiger charge is 2.37. The van der Waals surface area contributed by atoms with Gasteiger partial charge < -0.3 is 19.5 Å². The van der Waals surface area contributed by atoms with Crippen molar-refractivity contribution in [3.05, 3.63) is 57.5 Å². The molecule has 1 aliphatic rings. The van der Waals surface area contributed by atoms with Crippen molar-refractivity contribution >= 4 is 23.3 Å². The Morgan fingerprint density at radius 3 is 2.67 bits per heavy atom. The fourth-order valence-electron chi connectivity index (χ4n) is 3.91. The first-order valence-electron chi connectivity index (χ1n) is 10.6. The lowest BCUT2D eigenvalue weighted by molar-refractivity contribution is -0.116. The molecule has 11 heteroatoms. The molecular weight excluding hydrogens is 431 g/mol. The van der Waals surface area contributed by atoms with Gasteiger partial charge in [-0.05, 0) is 25.0 Å². The summed E-state index contributed by atoms with van der Waals surface area (Å²) in [7, 11) is 1.54. The van der Waals surface area contributed by atoms with Crippen molar-refractivity contribution in [3.8, 4) is 0 Å². The van der Waals surface area contributed by atoms with Gasteiger partial charge in [-0.2, -0.15) is 9.61 Å². The molecule has 0 saturated carbocycles. The Kier molecular flexibility index (Phi) is 5.98. The second-order valence-corrected chi connectivity index (χ2v) is 8.36. The second-order valence-electron chi connectivity index (χ2n) is 8.36. The minimum absolute atomic E-state index is 0.0405. The van der Waals surface area contributed by atoms with Crippen molar-refractivity contribution in [1.29, 1.82) is 0 Å². The average molecular weight is 456 g/mol. The number of rotatable bonds is 7. The van der Waals surface area contributed by atoms with Crippen LogP contribution in [0.15, 0.2) is 29.2 Å². The maximum Gasteiger partial charge on any atom is 0.280 e. The van der Waals surface area contributed by atoms with Crippen molar-refractivity contribution in [2.45, 2.75) is 45.8 Å². The van der Waals surface area contributed by atoms with Gasteiger partial charge >= 0.3 is 0 Å². The van der Waals surface area contributed by atoms with E-state index in [4.69, 9.17) is 4.74 Å². The number of carbonyl (C=O) groups excluding carboxylic acids is 2. The second kappa shape index (κ2) is 8.74. The Morgan fingerprint density at radius 2 is 2.03 bits per heavy atom. The van der Waals surface area contributed by atoms with Gasteiger partial charge in [0.05, 0.1) is 36.6 Å². The molecule has 10 nitrogen and oxygen atoms in total. The van der Waals surface area contributed by atoms with Crippen molar-refractivity contribution in [2.24, 2.45) is 0 Å². The predicted molar refractivity (Wildman–Crippen MR) is 118 cm³/mol. The SMILES string of the molecule is COC[C@H](C)N1Cc2c(n(CC(=O)Nc3ccc(F)cn3)c3cc(C(C)C)nn3c2=O)C1=O. The van der Waals surface area contributed by atoms with Gasteiger partial charge in [-0.25, -0.2) is 9.37 Å². The maximum atomic E-state index is 13.3. The van der Waals surface area contributed by atoms with E-state index in [9.17, 15) is 18.8 Å². The highest BCUT2D eigenvalue weighted by atomic mass is 19.1. The minimum atomic E-state index is -0.524. The average Bonchev–Trinajstić information content (AvgIpc) is 3.36. The van der Waals surface area contributed by atoms with Crippen LogP contribution in [0.5, 0.6) is 0 Å². The molecule has 1 N–H and O–H groups in total. The molecule has 1 aliphatic heterocycles. The summed E-state index contributed by atoms with van der Waals surface area (Å²) in [4.78, 5) is 44.8. The number of fused-ring (bicyclic) bond motifs is 2. The first kappa shape index (κ1) is 22.6. The topological polar surface area (TPSA) is 111 Å². The maximum absolute atomic E-state index is 13.3. The van der Waals surface area contributed by atoms with E-state index in [0.717, 1.165) is 6.20 Å². The van der Waals surface area contributed by atoms with Gasteiger partial charge in [0.15, 0.2) is 0 Å². The van der Waals surface area contributed by atoms with Crippen LogP contribution in [0.4, 0.5) is 10.2 Å². The molecule has 0 radical (unpaired) electrons. The number of halogens is 1. The van der Waals surface area contributed by atoms with E-state index >= 15 is 0 Å². The van der Waals surface area contributed by atoms with Gasteiger partial charge in [0, 0.05) is 13.2 Å². The Balaban J connectivity index is 1.79. The predicted octanol–water partition coefficient (Wildman–Crippen LogP) is 1.78. The lowest BCUT2D eigenvalue weighted by Gasteiger charge is -2.23. The lowest BCUT2D eigenvalue weighted by atomic mass is 10.1. The number of methoxy groups -OCH3 is 1. The molecule has 4 heterocycles. The van der Waals surface area contributed by atoms with E-state index in [1.54, 1.807) is 18.1 Å². The van der Waals surface area contributed by atoms with Gasteiger partial charge in [0.2, 0.25) is 5.91 Å². The molecule has 0 aliphatic carbocycles. The zero-order valence-corrected chi connectivity index (χ0v) is 18.8. The zero-order valence-electron chi connectivity index (χ0n) is 18.8. The molecule has 3 aromatic rings. The molecule has 0 bridgehead atoms. The largest absolute Gasteiger partial charge is 0.383 e. The van der Waals surface area contributed by atoms with Crippen LogP contribution in [0, 0.1) is 5.82 Å². The summed E-state index contributed by atoms with van der Waals surface area (Å²) < 4.78 is 21.1. The van der Waals surface area contributed by atoms with Gasteiger partial charge in [-0.15, -0.1) is 0 Å². The molecule has 0 saturated heterocycles. The highest BCUT2D eigenvalue weighted by Crippen LogP contribution is 2.25. The number of nitrogens with zero attached hydrogens (tertiary/aromatic N) is 5. The third-order valence-electron chi connectivity index (χ3n) is 5.61. The van der Waals surface area contributed by atoms with Crippen LogP contribution in [0.2, 0.25) is 0 Å². The Labute approximate surface area is 189 Å². The summed E-state index contributed by atoms with van der Waals surface area (Å²) >= 11 is 0. The Hall–Kier alpha value is -3.60. The molecule has 0 spiro atoms. The van der Waals surface area contributed by atoms with Gasteiger partial charge in [0.1, 0.15) is 29.5 Å². The van der Waals surface area contributed by atoms with E-state index in [0.29, 0.717) is 17.9 Å². The van der Waals surface area contributed by atoms with E-state index in [2.05, 4.69) is 15.4 Å². The normalized spacial score (nSPS) is 14.2. The van der Waals surface area contributed by atoms with Crippen molar-refractivity contribution in [1.82, 2.24) is 24.1 Å². The highest BCUT2D eigenvalue weighted by molar-refractivity contribution is 5.98. The molecule has 33 heavy (non-hydrogen) atoms. The molecule has 3 aromatic heterocycles. The Bertz CT molecular complexity index is 1280. The zero-order chi connectivity index (χ0) is 23.9. The standard InChI is InChI=1S/C22H25FN6O4/c1-12(2)16-7-19-28(10-18(30)25-17-6-5-14(23)8-24-17)20-15(21(31)29(19)26-16)9-27(22(20)32)13(3)11-33-4/h5-8,12-13H,9-11H2,1-4H3,(H,24,25,30)/t13-/m0/s1. The van der Waals surface area contributed by atoms with Gasteiger partial charge in [-0.1, -0.05) is 13.8 Å². The van der Waals surface area contributed by atoms with E-state index in [1.807, 2.05) is 20.8 Å². The number of anilines is 1. The molecule has 174 valence electrons. The van der Waals surface area contributed by atoms with Crippen LogP contribution in [0.3, 0.4) is 0 Å². The van der Waals surface area contributed by atoms with Gasteiger partial charge in [0.25, 0.3) is 11.5 Å². The molecular formula is C22H25FN6O4.